The summed E-state index contributed by atoms with van der Waals surface area (Å²) in [6, 6.07) is 16.4. The molecule has 0 aliphatic rings. The van der Waals surface area contributed by atoms with Gasteiger partial charge in [-0.15, -0.1) is 0 Å². The third kappa shape index (κ3) is 6.70. The first-order valence-corrected chi connectivity index (χ1v) is 11.7. The van der Waals surface area contributed by atoms with Gasteiger partial charge in [0.25, 0.3) is 0 Å². The van der Waals surface area contributed by atoms with E-state index < -0.39 is 35.2 Å². The van der Waals surface area contributed by atoms with Crippen molar-refractivity contribution in [3.8, 4) is 16.9 Å². The van der Waals surface area contributed by atoms with Crippen LogP contribution in [0.15, 0.2) is 78.9 Å². The lowest BCUT2D eigenvalue weighted by molar-refractivity contribution is -0.136. The summed E-state index contributed by atoms with van der Waals surface area (Å²) in [4.78, 5) is 12.2. The Morgan fingerprint density at radius 2 is 1.64 bits per heavy atom. The first-order valence-electron chi connectivity index (χ1n) is 11.7. The Kier molecular flexibility index (Phi) is 8.13. The number of rotatable bonds is 7. The number of hydrogen-bond acceptors (Lipinski definition) is 2. The highest BCUT2D eigenvalue weighted by Crippen LogP contribution is 2.34. The molecule has 0 aliphatic heterocycles. The smallest absolute Gasteiger partial charge is 0.418 e. The largest absolute Gasteiger partial charge is 0.489 e. The van der Waals surface area contributed by atoms with Crippen LogP contribution in [0.1, 0.15) is 22.3 Å². The van der Waals surface area contributed by atoms with Crippen molar-refractivity contribution >= 4 is 11.7 Å². The quantitative estimate of drug-likeness (QED) is 0.232. The minimum atomic E-state index is -4.63. The van der Waals surface area contributed by atoms with E-state index in [0.29, 0.717) is 16.9 Å². The number of carbonyl (C=O) groups excluding carboxylic acids is 1. The Bertz CT molecular complexity index is 1500. The van der Waals surface area contributed by atoms with Gasteiger partial charge in [-0.1, -0.05) is 42.5 Å². The number of anilines is 1. The van der Waals surface area contributed by atoms with E-state index in [1.807, 2.05) is 0 Å². The van der Waals surface area contributed by atoms with Crippen LogP contribution >= 0.6 is 0 Å². The van der Waals surface area contributed by atoms with Crippen molar-refractivity contribution in [1.82, 2.24) is 5.32 Å². The fourth-order valence-corrected chi connectivity index (χ4v) is 3.83. The summed E-state index contributed by atoms with van der Waals surface area (Å²) in [5.74, 6) is -2.28. The second kappa shape index (κ2) is 11.5. The molecule has 4 rings (SSSR count). The normalized spacial score (nSPS) is 11.3. The number of urea groups is 1. The topological polar surface area (TPSA) is 50.4 Å². The number of carbonyl (C=O) groups is 1. The summed E-state index contributed by atoms with van der Waals surface area (Å²) in [5.41, 5.74) is 0.305. The van der Waals surface area contributed by atoms with E-state index in [1.165, 1.54) is 36.4 Å². The predicted octanol–water partition coefficient (Wildman–Crippen LogP) is 8.00. The van der Waals surface area contributed by atoms with Crippen molar-refractivity contribution < 1.29 is 35.9 Å². The molecule has 2 N–H and O–H groups in total. The Labute approximate surface area is 220 Å². The Balaban J connectivity index is 1.43. The van der Waals surface area contributed by atoms with Gasteiger partial charge in [0.2, 0.25) is 0 Å². The third-order valence-electron chi connectivity index (χ3n) is 5.88. The molecule has 0 spiro atoms. The average Bonchev–Trinajstić information content (AvgIpc) is 2.89. The third-order valence-corrected chi connectivity index (χ3v) is 5.88. The number of amides is 2. The number of ether oxygens (including phenoxy) is 1. The number of benzene rings is 4. The van der Waals surface area contributed by atoms with Crippen molar-refractivity contribution in [3.63, 3.8) is 0 Å². The first-order chi connectivity index (χ1) is 18.5. The van der Waals surface area contributed by atoms with Crippen molar-refractivity contribution in [3.05, 3.63) is 119 Å². The molecule has 0 saturated heterocycles. The SMILES string of the molecule is Cc1ccc(CNC(=O)Nc2ccccc2C(F)(F)F)cc1OCc1cc(-c2cccc(F)c2F)ccc1F. The molecule has 0 unspecified atom stereocenters. The van der Waals surface area contributed by atoms with Crippen molar-refractivity contribution in [1.29, 1.82) is 0 Å². The van der Waals surface area contributed by atoms with Crippen LogP contribution in [0.5, 0.6) is 5.75 Å². The molecule has 39 heavy (non-hydrogen) atoms. The summed E-state index contributed by atoms with van der Waals surface area (Å²) < 4.78 is 87.6. The van der Waals surface area contributed by atoms with E-state index >= 15 is 0 Å². The molecule has 0 saturated carbocycles. The molecule has 4 aromatic rings. The van der Waals surface area contributed by atoms with Gasteiger partial charge >= 0.3 is 12.2 Å². The van der Waals surface area contributed by atoms with E-state index in [2.05, 4.69) is 10.6 Å². The average molecular weight is 544 g/mol. The van der Waals surface area contributed by atoms with Crippen LogP contribution in [0.25, 0.3) is 11.1 Å². The van der Waals surface area contributed by atoms with E-state index in [-0.39, 0.29) is 35.5 Å². The number of hydrogen-bond donors (Lipinski definition) is 2. The number of nitrogens with one attached hydrogen (secondary N) is 2. The summed E-state index contributed by atoms with van der Waals surface area (Å²) >= 11 is 0. The first kappa shape index (κ1) is 27.6. The highest BCUT2D eigenvalue weighted by atomic mass is 19.4. The second-order valence-electron chi connectivity index (χ2n) is 8.65. The molecule has 0 aromatic heterocycles. The maximum absolute atomic E-state index is 14.5. The van der Waals surface area contributed by atoms with Gasteiger partial charge < -0.3 is 15.4 Å². The van der Waals surface area contributed by atoms with Crippen LogP contribution in [-0.2, 0) is 19.3 Å². The minimum Gasteiger partial charge on any atom is -0.489 e. The zero-order valence-corrected chi connectivity index (χ0v) is 20.5. The molecular weight excluding hydrogens is 522 g/mol. The van der Waals surface area contributed by atoms with Crippen molar-refractivity contribution in [2.45, 2.75) is 26.3 Å². The van der Waals surface area contributed by atoms with Crippen LogP contribution in [0.2, 0.25) is 0 Å². The summed E-state index contributed by atoms with van der Waals surface area (Å²) in [6.07, 6.45) is -4.63. The van der Waals surface area contributed by atoms with Gasteiger partial charge in [0.15, 0.2) is 11.6 Å². The fourth-order valence-electron chi connectivity index (χ4n) is 3.83. The molecule has 2 amide bonds. The lowest BCUT2D eigenvalue weighted by Crippen LogP contribution is -2.29. The summed E-state index contributed by atoms with van der Waals surface area (Å²) in [5, 5.41) is 4.69. The zero-order chi connectivity index (χ0) is 28.2. The van der Waals surface area contributed by atoms with Crippen LogP contribution in [-0.4, -0.2) is 6.03 Å². The van der Waals surface area contributed by atoms with E-state index in [9.17, 15) is 31.1 Å². The van der Waals surface area contributed by atoms with Gasteiger partial charge in [-0.25, -0.2) is 18.0 Å². The van der Waals surface area contributed by atoms with Crippen LogP contribution in [0, 0.1) is 24.4 Å². The van der Waals surface area contributed by atoms with Crippen LogP contribution in [0.3, 0.4) is 0 Å². The molecule has 10 heteroatoms. The number of halogens is 6. The van der Waals surface area contributed by atoms with Gasteiger partial charge in [-0.2, -0.15) is 13.2 Å². The Morgan fingerprint density at radius 3 is 2.41 bits per heavy atom. The zero-order valence-electron chi connectivity index (χ0n) is 20.5. The molecule has 4 nitrogen and oxygen atoms in total. The number of aryl methyl sites for hydroxylation is 1. The maximum Gasteiger partial charge on any atom is 0.418 e. The van der Waals surface area contributed by atoms with Gasteiger partial charge in [-0.05, 0) is 60.0 Å². The van der Waals surface area contributed by atoms with E-state index in [4.69, 9.17) is 4.74 Å². The highest BCUT2D eigenvalue weighted by Gasteiger charge is 2.33. The van der Waals surface area contributed by atoms with Crippen molar-refractivity contribution in [2.24, 2.45) is 0 Å². The molecule has 0 fully saturated rings. The molecule has 0 bridgehead atoms. The van der Waals surface area contributed by atoms with E-state index in [0.717, 1.165) is 24.3 Å². The molecule has 0 heterocycles. The number of para-hydroxylation sites is 1. The fraction of sp³-hybridized carbons (Fsp3) is 0.138. The minimum absolute atomic E-state index is 0.0170. The van der Waals surface area contributed by atoms with Gasteiger partial charge in [-0.3, -0.25) is 0 Å². The van der Waals surface area contributed by atoms with Gasteiger partial charge in [0.1, 0.15) is 18.2 Å². The molecule has 0 aliphatic carbocycles. The lowest BCUT2D eigenvalue weighted by Gasteiger charge is -2.15. The lowest BCUT2D eigenvalue weighted by atomic mass is 10.0. The molecular formula is C29H22F6N2O2. The highest BCUT2D eigenvalue weighted by molar-refractivity contribution is 5.90. The van der Waals surface area contributed by atoms with Gasteiger partial charge in [0, 0.05) is 17.7 Å². The Hall–Kier alpha value is -4.47. The molecule has 202 valence electrons. The van der Waals surface area contributed by atoms with E-state index in [1.54, 1.807) is 25.1 Å². The second-order valence-corrected chi connectivity index (χ2v) is 8.65. The summed E-state index contributed by atoms with van der Waals surface area (Å²) in [7, 11) is 0. The Morgan fingerprint density at radius 1 is 0.872 bits per heavy atom. The molecule has 0 atom stereocenters. The maximum atomic E-state index is 14.5. The van der Waals surface area contributed by atoms with Crippen molar-refractivity contribution in [2.75, 3.05) is 5.32 Å². The molecule has 0 radical (unpaired) electrons. The molecule has 4 aromatic carbocycles. The predicted molar refractivity (Wildman–Crippen MR) is 135 cm³/mol. The number of alkyl halides is 3. The summed E-state index contributed by atoms with van der Waals surface area (Å²) in [6.45, 7) is 1.50. The van der Waals surface area contributed by atoms with Crippen LogP contribution < -0.4 is 15.4 Å². The van der Waals surface area contributed by atoms with Crippen LogP contribution in [0.4, 0.5) is 36.8 Å². The standard InChI is InChI=1S/C29H22F6N2O2/c1-17-9-10-18(15-36-28(38)37-25-8-3-2-6-22(25)29(33,34)35)13-26(17)39-16-20-14-19(11-12-23(20)30)21-5-4-7-24(31)27(21)32/h2-14H,15-16H2,1H3,(H2,36,37,38). The monoisotopic (exact) mass is 544 g/mol. The van der Waals surface area contributed by atoms with Gasteiger partial charge in [0.05, 0.1) is 11.3 Å².